The molecule has 0 aliphatic carbocycles. The molecule has 0 spiro atoms. The summed E-state index contributed by atoms with van der Waals surface area (Å²) in [6.07, 6.45) is 2.20. The average Bonchev–Trinajstić information content (AvgIpc) is 2.55. The van der Waals surface area contributed by atoms with Gasteiger partial charge in [-0.1, -0.05) is 12.1 Å². The average molecular weight is 324 g/mol. The molecule has 2 N–H and O–H groups in total. The maximum absolute atomic E-state index is 13.4. The summed E-state index contributed by atoms with van der Waals surface area (Å²) in [6.45, 7) is 2.11. The number of nitrogens with zero attached hydrogens (tertiary/aromatic N) is 2. The number of nitrogens with one attached hydrogen (secondary N) is 2. The van der Waals surface area contributed by atoms with Gasteiger partial charge in [0, 0.05) is 24.5 Å². The Morgan fingerprint density at radius 2 is 2.04 bits per heavy atom. The first kappa shape index (κ1) is 15.9. The topological polar surface area (TPSA) is 66.9 Å². The van der Waals surface area contributed by atoms with Gasteiger partial charge >= 0.3 is 0 Å². The lowest BCUT2D eigenvalue weighted by Gasteiger charge is -2.09. The third-order valence-electron chi connectivity index (χ3n) is 3.55. The van der Waals surface area contributed by atoms with Crippen molar-refractivity contribution in [2.24, 2.45) is 0 Å². The minimum absolute atomic E-state index is 0.0974. The van der Waals surface area contributed by atoms with Crippen LogP contribution in [0.5, 0.6) is 0 Å². The molecule has 0 bridgehead atoms. The van der Waals surface area contributed by atoms with E-state index in [2.05, 4.69) is 20.6 Å². The van der Waals surface area contributed by atoms with E-state index in [4.69, 9.17) is 0 Å². The largest absolute Gasteiger partial charge is 0.369 e. The number of carbonyl (C=O) groups is 1. The molecule has 2 aromatic carbocycles. The molecule has 0 aliphatic rings. The second-order valence-corrected chi connectivity index (χ2v) is 5.44. The van der Waals surface area contributed by atoms with Gasteiger partial charge in [-0.05, 0) is 42.3 Å². The lowest BCUT2D eigenvalue weighted by Crippen LogP contribution is -2.08. The fraction of sp³-hybridized carbons (Fsp3) is 0.167. The fourth-order valence-corrected chi connectivity index (χ4v) is 2.50. The summed E-state index contributed by atoms with van der Waals surface area (Å²) >= 11 is 0. The van der Waals surface area contributed by atoms with Crippen molar-refractivity contribution in [2.45, 2.75) is 13.3 Å². The van der Waals surface area contributed by atoms with Crippen LogP contribution in [-0.4, -0.2) is 22.4 Å². The summed E-state index contributed by atoms with van der Waals surface area (Å²) in [5, 5.41) is 6.64. The van der Waals surface area contributed by atoms with Gasteiger partial charge in [-0.15, -0.1) is 0 Å². The molecule has 1 amide bonds. The molecule has 3 rings (SSSR count). The highest BCUT2D eigenvalue weighted by Crippen LogP contribution is 2.20. The molecule has 3 aromatic rings. The van der Waals surface area contributed by atoms with Crippen LogP contribution in [0.4, 0.5) is 15.9 Å². The monoisotopic (exact) mass is 324 g/mol. The molecule has 0 unspecified atom stereocenters. The summed E-state index contributed by atoms with van der Waals surface area (Å²) < 4.78 is 13.4. The van der Waals surface area contributed by atoms with Gasteiger partial charge in [0.2, 0.25) is 5.91 Å². The Morgan fingerprint density at radius 1 is 1.17 bits per heavy atom. The quantitative estimate of drug-likeness (QED) is 0.755. The van der Waals surface area contributed by atoms with Crippen molar-refractivity contribution in [3.8, 4) is 0 Å². The number of hydrogen-bond acceptors (Lipinski definition) is 4. The van der Waals surface area contributed by atoms with E-state index in [1.807, 2.05) is 24.3 Å². The van der Waals surface area contributed by atoms with Crippen LogP contribution in [0.15, 0.2) is 48.8 Å². The van der Waals surface area contributed by atoms with E-state index < -0.39 is 0 Å². The summed E-state index contributed by atoms with van der Waals surface area (Å²) in [5.41, 5.74) is 2.55. The van der Waals surface area contributed by atoms with E-state index in [1.165, 1.54) is 25.4 Å². The van der Waals surface area contributed by atoms with Gasteiger partial charge in [0.15, 0.2) is 0 Å². The molecule has 1 aromatic heterocycles. The van der Waals surface area contributed by atoms with E-state index in [1.54, 1.807) is 6.07 Å². The third-order valence-corrected chi connectivity index (χ3v) is 3.55. The van der Waals surface area contributed by atoms with Crippen LogP contribution in [0, 0.1) is 5.82 Å². The fourth-order valence-electron chi connectivity index (χ4n) is 2.50. The molecular weight excluding hydrogens is 307 g/mol. The Bertz CT molecular complexity index is 882. The third kappa shape index (κ3) is 3.84. The number of benzene rings is 2. The predicted octanol–water partition coefficient (Wildman–Crippen LogP) is 3.38. The molecule has 5 nitrogen and oxygen atoms in total. The van der Waals surface area contributed by atoms with Gasteiger partial charge in [0.05, 0.1) is 5.52 Å². The second-order valence-electron chi connectivity index (χ2n) is 5.44. The standard InChI is InChI=1S/C18H17FN4O/c1-12(24)23-15-4-2-3-13(9-15)7-8-20-18-16-10-14(19)5-6-17(16)21-11-22-18/h2-6,9-11H,7-8H2,1H3,(H,23,24)(H,20,21,22). The Morgan fingerprint density at radius 3 is 2.88 bits per heavy atom. The normalized spacial score (nSPS) is 10.6. The number of amides is 1. The smallest absolute Gasteiger partial charge is 0.221 e. The first-order chi connectivity index (χ1) is 11.6. The Kier molecular flexibility index (Phi) is 4.65. The molecule has 0 radical (unpaired) electrons. The van der Waals surface area contributed by atoms with E-state index in [9.17, 15) is 9.18 Å². The maximum Gasteiger partial charge on any atom is 0.221 e. The zero-order chi connectivity index (χ0) is 16.9. The minimum atomic E-state index is -0.316. The van der Waals surface area contributed by atoms with Crippen LogP contribution < -0.4 is 10.6 Å². The highest BCUT2D eigenvalue weighted by Gasteiger charge is 2.05. The van der Waals surface area contributed by atoms with Crippen LogP contribution in [0.25, 0.3) is 10.9 Å². The molecule has 0 saturated carbocycles. The molecule has 0 atom stereocenters. The van der Waals surface area contributed by atoms with Gasteiger partial charge in [-0.3, -0.25) is 4.79 Å². The summed E-state index contributed by atoms with van der Waals surface area (Å²) in [4.78, 5) is 19.4. The van der Waals surface area contributed by atoms with Crippen LogP contribution in [0.2, 0.25) is 0 Å². The van der Waals surface area contributed by atoms with Gasteiger partial charge in [0.25, 0.3) is 0 Å². The highest BCUT2D eigenvalue weighted by atomic mass is 19.1. The van der Waals surface area contributed by atoms with Crippen molar-refractivity contribution in [3.05, 3.63) is 60.2 Å². The lowest BCUT2D eigenvalue weighted by molar-refractivity contribution is -0.114. The van der Waals surface area contributed by atoms with Crippen molar-refractivity contribution < 1.29 is 9.18 Å². The van der Waals surface area contributed by atoms with E-state index in [-0.39, 0.29) is 11.7 Å². The van der Waals surface area contributed by atoms with Crippen molar-refractivity contribution in [3.63, 3.8) is 0 Å². The molecule has 122 valence electrons. The lowest BCUT2D eigenvalue weighted by atomic mass is 10.1. The molecule has 0 aliphatic heterocycles. The molecule has 24 heavy (non-hydrogen) atoms. The minimum Gasteiger partial charge on any atom is -0.369 e. The van der Waals surface area contributed by atoms with E-state index in [0.717, 1.165) is 17.7 Å². The number of halogens is 1. The Balaban J connectivity index is 1.69. The SMILES string of the molecule is CC(=O)Nc1cccc(CCNc2ncnc3ccc(F)cc23)c1. The van der Waals surface area contributed by atoms with E-state index in [0.29, 0.717) is 23.3 Å². The summed E-state index contributed by atoms with van der Waals surface area (Å²) in [6, 6.07) is 12.1. The van der Waals surface area contributed by atoms with Gasteiger partial charge in [0.1, 0.15) is 18.0 Å². The molecule has 0 saturated heterocycles. The first-order valence-electron chi connectivity index (χ1n) is 7.62. The van der Waals surface area contributed by atoms with Crippen LogP contribution in [-0.2, 0) is 11.2 Å². The molecule has 1 heterocycles. The van der Waals surface area contributed by atoms with Gasteiger partial charge < -0.3 is 10.6 Å². The molecule has 6 heteroatoms. The van der Waals surface area contributed by atoms with Crippen LogP contribution in [0.3, 0.4) is 0 Å². The van der Waals surface area contributed by atoms with Crippen molar-refractivity contribution in [1.29, 1.82) is 0 Å². The van der Waals surface area contributed by atoms with Crippen molar-refractivity contribution >= 4 is 28.3 Å². The number of fused-ring (bicyclic) bond motifs is 1. The Hall–Kier alpha value is -3.02. The van der Waals surface area contributed by atoms with Crippen LogP contribution >= 0.6 is 0 Å². The molecular formula is C18H17FN4O. The number of carbonyl (C=O) groups excluding carboxylic acids is 1. The molecule has 0 fully saturated rings. The predicted molar refractivity (Wildman–Crippen MR) is 92.4 cm³/mol. The zero-order valence-corrected chi connectivity index (χ0v) is 13.2. The van der Waals surface area contributed by atoms with Crippen LogP contribution in [0.1, 0.15) is 12.5 Å². The number of anilines is 2. The number of hydrogen-bond donors (Lipinski definition) is 2. The van der Waals surface area contributed by atoms with Crippen molar-refractivity contribution in [2.75, 3.05) is 17.2 Å². The first-order valence-corrected chi connectivity index (χ1v) is 7.62. The van der Waals surface area contributed by atoms with Crippen molar-refractivity contribution in [1.82, 2.24) is 9.97 Å². The Labute approximate surface area is 138 Å². The zero-order valence-electron chi connectivity index (χ0n) is 13.2. The summed E-state index contributed by atoms with van der Waals surface area (Å²) in [7, 11) is 0. The highest BCUT2D eigenvalue weighted by molar-refractivity contribution is 5.89. The number of rotatable bonds is 5. The summed E-state index contributed by atoms with van der Waals surface area (Å²) in [5.74, 6) is 0.195. The second kappa shape index (κ2) is 7.04. The van der Waals surface area contributed by atoms with Gasteiger partial charge in [-0.2, -0.15) is 0 Å². The van der Waals surface area contributed by atoms with Gasteiger partial charge in [-0.25, -0.2) is 14.4 Å². The number of aromatic nitrogens is 2. The maximum atomic E-state index is 13.4. The van der Waals surface area contributed by atoms with E-state index >= 15 is 0 Å².